The molecule has 0 radical (unpaired) electrons. The van der Waals surface area contributed by atoms with E-state index in [4.69, 9.17) is 15.9 Å². The fraction of sp³-hybridized carbons (Fsp3) is 0.333. The maximum Gasteiger partial charge on any atom is 0.374 e. The summed E-state index contributed by atoms with van der Waals surface area (Å²) < 4.78 is 0. The first kappa shape index (κ1) is 13.3. The lowest BCUT2D eigenvalue weighted by molar-refractivity contribution is -0.138. The number of nitrogens with two attached hydrogens (primary N) is 1. The molecule has 0 fully saturated rings. The molecule has 0 unspecified atom stereocenters. The molecule has 17 heavy (non-hydrogen) atoms. The van der Waals surface area contributed by atoms with Crippen LogP contribution in [0.3, 0.4) is 0 Å². The summed E-state index contributed by atoms with van der Waals surface area (Å²) in [6.45, 7) is 1.52. The van der Waals surface area contributed by atoms with Crippen LogP contribution in [0.15, 0.2) is 18.3 Å². The number of hydrogen-bond acceptors (Lipinski definition) is 6. The second-order valence-corrected chi connectivity index (χ2v) is 3.56. The van der Waals surface area contributed by atoms with E-state index in [0.29, 0.717) is 11.5 Å². The van der Waals surface area contributed by atoms with Crippen molar-refractivity contribution in [2.24, 2.45) is 0 Å². The predicted molar refractivity (Wildman–Crippen MR) is 65.5 cm³/mol. The molecule has 0 saturated carbocycles. The molecule has 0 aliphatic carbocycles. The minimum Gasteiger partial charge on any atom is -0.480 e. The first-order valence-electron chi connectivity index (χ1n) is 5.12. The molecular formula is C9H15BN4O3. The molecule has 1 heterocycles. The fourth-order valence-electron chi connectivity index (χ4n) is 1.27. The summed E-state index contributed by atoms with van der Waals surface area (Å²) in [4.78, 5) is 14.8. The van der Waals surface area contributed by atoms with Gasteiger partial charge in [0.1, 0.15) is 11.9 Å². The molecule has 0 spiro atoms. The smallest absolute Gasteiger partial charge is 0.374 e. The molecule has 1 aromatic heterocycles. The number of pyridine rings is 1. The number of hydrogen-bond donors (Lipinski definition) is 5. The van der Waals surface area contributed by atoms with Gasteiger partial charge in [0, 0.05) is 12.7 Å². The van der Waals surface area contributed by atoms with Gasteiger partial charge in [-0.05, 0) is 19.0 Å². The van der Waals surface area contributed by atoms with Crippen molar-refractivity contribution in [2.45, 2.75) is 12.9 Å². The third kappa shape index (κ3) is 4.29. The quantitative estimate of drug-likeness (QED) is 0.412. The second-order valence-electron chi connectivity index (χ2n) is 3.56. The van der Waals surface area contributed by atoms with Crippen molar-refractivity contribution >= 4 is 24.5 Å². The summed E-state index contributed by atoms with van der Waals surface area (Å²) in [7, 11) is -0.904. The zero-order valence-corrected chi connectivity index (χ0v) is 9.42. The van der Waals surface area contributed by atoms with E-state index in [1.54, 1.807) is 18.3 Å². The fourth-order valence-corrected chi connectivity index (χ4v) is 1.27. The van der Waals surface area contributed by atoms with Crippen molar-refractivity contribution in [1.82, 2.24) is 10.2 Å². The molecule has 92 valence electrons. The lowest BCUT2D eigenvalue weighted by Crippen LogP contribution is -2.48. The average Bonchev–Trinajstić information content (AvgIpc) is 2.25. The lowest BCUT2D eigenvalue weighted by Gasteiger charge is -2.16. The summed E-state index contributed by atoms with van der Waals surface area (Å²) in [5.41, 5.74) is 6.08. The Balaban J connectivity index is 2.58. The van der Waals surface area contributed by atoms with Gasteiger partial charge in [-0.3, -0.25) is 4.79 Å². The van der Waals surface area contributed by atoms with Crippen LogP contribution in [0, 0.1) is 0 Å². The summed E-state index contributed by atoms with van der Waals surface area (Å²) in [5.74, 6) is -0.640. The zero-order chi connectivity index (χ0) is 12.8. The van der Waals surface area contributed by atoms with E-state index < -0.39 is 19.1 Å². The van der Waals surface area contributed by atoms with E-state index in [9.17, 15) is 4.79 Å². The van der Waals surface area contributed by atoms with E-state index in [0.717, 1.165) is 0 Å². The van der Waals surface area contributed by atoms with Crippen LogP contribution in [-0.4, -0.2) is 40.7 Å². The monoisotopic (exact) mass is 238 g/mol. The van der Waals surface area contributed by atoms with Crippen molar-refractivity contribution in [2.75, 3.05) is 17.6 Å². The van der Waals surface area contributed by atoms with Gasteiger partial charge in [-0.15, -0.1) is 0 Å². The minimum absolute atomic E-state index is 0.0709. The molecule has 0 aliphatic heterocycles. The van der Waals surface area contributed by atoms with E-state index >= 15 is 0 Å². The highest BCUT2D eigenvalue weighted by Gasteiger charge is 2.20. The highest BCUT2D eigenvalue weighted by atomic mass is 16.4. The molecule has 1 atom stereocenters. The first-order chi connectivity index (χ1) is 8.00. The van der Waals surface area contributed by atoms with Gasteiger partial charge in [0.05, 0.1) is 5.69 Å². The number of nitrogen functional groups attached to an aromatic ring is 1. The zero-order valence-electron chi connectivity index (χ0n) is 9.42. The molecule has 7 nitrogen and oxygen atoms in total. The SMILES string of the molecule is CB(O)N[C@@H](CNc1ncccc1N)C(=O)O. The Morgan fingerprint density at radius 1 is 1.71 bits per heavy atom. The summed E-state index contributed by atoms with van der Waals surface area (Å²) in [6.07, 6.45) is 1.55. The second kappa shape index (κ2) is 6.07. The largest absolute Gasteiger partial charge is 0.480 e. The Bertz CT molecular complexity index is 388. The number of anilines is 2. The van der Waals surface area contributed by atoms with Gasteiger partial charge in [-0.25, -0.2) is 4.98 Å². The van der Waals surface area contributed by atoms with E-state index in [1.807, 2.05) is 0 Å². The molecule has 0 amide bonds. The van der Waals surface area contributed by atoms with Crippen LogP contribution in [0.1, 0.15) is 0 Å². The number of carboxylic acid groups (broad SMARTS) is 1. The number of carboxylic acids is 1. The number of carbonyl (C=O) groups is 1. The van der Waals surface area contributed by atoms with Gasteiger partial charge in [-0.2, -0.15) is 0 Å². The molecule has 1 aromatic rings. The van der Waals surface area contributed by atoms with Crippen LogP contribution in [0.4, 0.5) is 11.5 Å². The number of rotatable bonds is 6. The van der Waals surface area contributed by atoms with Crippen LogP contribution < -0.4 is 16.3 Å². The number of nitrogens with zero attached hydrogens (tertiary/aromatic N) is 1. The molecule has 0 saturated heterocycles. The van der Waals surface area contributed by atoms with Crippen LogP contribution in [0.25, 0.3) is 0 Å². The molecule has 0 bridgehead atoms. The maximum absolute atomic E-state index is 10.9. The third-order valence-corrected chi connectivity index (χ3v) is 2.05. The van der Waals surface area contributed by atoms with Gasteiger partial charge in [-0.1, -0.05) is 0 Å². The molecule has 1 rings (SSSR count). The van der Waals surface area contributed by atoms with E-state index in [-0.39, 0.29) is 6.54 Å². The topological polar surface area (TPSA) is 121 Å². The van der Waals surface area contributed by atoms with Gasteiger partial charge < -0.3 is 26.4 Å². The average molecular weight is 238 g/mol. The number of nitrogens with one attached hydrogen (secondary N) is 2. The number of aromatic nitrogens is 1. The highest BCUT2D eigenvalue weighted by molar-refractivity contribution is 6.46. The third-order valence-electron chi connectivity index (χ3n) is 2.05. The normalized spacial score (nSPS) is 11.9. The van der Waals surface area contributed by atoms with Crippen molar-refractivity contribution < 1.29 is 14.9 Å². The van der Waals surface area contributed by atoms with E-state index in [2.05, 4.69) is 15.5 Å². The predicted octanol–water partition coefficient (Wildman–Crippen LogP) is -0.771. The highest BCUT2D eigenvalue weighted by Crippen LogP contribution is 2.12. The Labute approximate surface area is 99.2 Å². The van der Waals surface area contributed by atoms with Crippen LogP contribution in [-0.2, 0) is 4.79 Å². The maximum atomic E-state index is 10.9. The van der Waals surface area contributed by atoms with Crippen molar-refractivity contribution in [3.63, 3.8) is 0 Å². The lowest BCUT2D eigenvalue weighted by atomic mass is 9.87. The molecular weight excluding hydrogens is 223 g/mol. The van der Waals surface area contributed by atoms with Crippen LogP contribution in [0.5, 0.6) is 0 Å². The molecule has 8 heteroatoms. The Kier molecular flexibility index (Phi) is 4.74. The standard InChI is InChI=1S/C9H15BN4O3/c1-10(17)14-7(9(15)16)5-13-8-6(11)3-2-4-12-8/h2-4,7,14,17H,5,11H2,1H3,(H,12,13)(H,15,16)/t7-/m0/s1. The molecule has 0 aliphatic rings. The van der Waals surface area contributed by atoms with Gasteiger partial charge in [0.15, 0.2) is 0 Å². The van der Waals surface area contributed by atoms with E-state index in [1.165, 1.54) is 6.82 Å². The first-order valence-corrected chi connectivity index (χ1v) is 5.12. The van der Waals surface area contributed by atoms with Crippen molar-refractivity contribution in [1.29, 1.82) is 0 Å². The summed E-state index contributed by atoms with van der Waals surface area (Å²) in [6, 6.07) is 2.42. The summed E-state index contributed by atoms with van der Waals surface area (Å²) in [5, 5.41) is 23.3. The van der Waals surface area contributed by atoms with Gasteiger partial charge in [0.25, 0.3) is 0 Å². The molecule has 6 N–H and O–H groups in total. The Morgan fingerprint density at radius 2 is 2.41 bits per heavy atom. The van der Waals surface area contributed by atoms with Crippen LogP contribution in [0.2, 0.25) is 6.82 Å². The van der Waals surface area contributed by atoms with Crippen molar-refractivity contribution in [3.8, 4) is 0 Å². The summed E-state index contributed by atoms with van der Waals surface area (Å²) >= 11 is 0. The van der Waals surface area contributed by atoms with Gasteiger partial charge >= 0.3 is 13.0 Å². The molecule has 0 aromatic carbocycles. The van der Waals surface area contributed by atoms with Crippen LogP contribution >= 0.6 is 0 Å². The number of aliphatic carboxylic acids is 1. The van der Waals surface area contributed by atoms with Gasteiger partial charge in [0.2, 0.25) is 0 Å². The Hall–Kier alpha value is -1.80. The Morgan fingerprint density at radius 3 is 2.94 bits per heavy atom. The minimum atomic E-state index is -1.06. The van der Waals surface area contributed by atoms with Crippen molar-refractivity contribution in [3.05, 3.63) is 18.3 Å².